The molecule has 2 aromatic rings. The van der Waals surface area contributed by atoms with Crippen molar-refractivity contribution < 1.29 is 19.0 Å². The Bertz CT molecular complexity index is 783. The van der Waals surface area contributed by atoms with E-state index in [2.05, 4.69) is 4.98 Å². The van der Waals surface area contributed by atoms with Crippen LogP contribution in [0.15, 0.2) is 42.5 Å². The van der Waals surface area contributed by atoms with Crippen molar-refractivity contribution in [3.63, 3.8) is 0 Å². The van der Waals surface area contributed by atoms with Gasteiger partial charge in [-0.1, -0.05) is 18.2 Å². The van der Waals surface area contributed by atoms with E-state index < -0.39 is 5.60 Å². The second-order valence-corrected chi connectivity index (χ2v) is 6.76. The van der Waals surface area contributed by atoms with E-state index in [4.69, 9.17) is 4.74 Å². The number of aliphatic hydroxyl groups is 1. The van der Waals surface area contributed by atoms with Crippen molar-refractivity contribution >= 4 is 5.91 Å². The molecule has 0 spiro atoms. The first-order valence-electron chi connectivity index (χ1n) is 8.69. The van der Waals surface area contributed by atoms with Crippen LogP contribution in [0.4, 0.5) is 4.39 Å². The van der Waals surface area contributed by atoms with Gasteiger partial charge in [0.05, 0.1) is 26.2 Å². The lowest BCUT2D eigenvalue weighted by atomic mass is 9.93. The summed E-state index contributed by atoms with van der Waals surface area (Å²) in [6.07, 6.45) is 0.552. The molecule has 1 aromatic carbocycles. The minimum atomic E-state index is -0.915. The summed E-state index contributed by atoms with van der Waals surface area (Å²) in [5.74, 6) is -0.381. The lowest BCUT2D eigenvalue weighted by Crippen LogP contribution is -2.57. The van der Waals surface area contributed by atoms with Crippen LogP contribution in [0.2, 0.25) is 0 Å². The molecule has 2 heterocycles. The van der Waals surface area contributed by atoms with Gasteiger partial charge in [-0.2, -0.15) is 0 Å². The number of ether oxygens (including phenoxy) is 1. The quantitative estimate of drug-likeness (QED) is 0.887. The minimum Gasteiger partial charge on any atom is -0.393 e. The number of carbonyl (C=O) groups is 1. The number of aliphatic hydroxyl groups excluding tert-OH is 1. The van der Waals surface area contributed by atoms with Crippen LogP contribution in [-0.4, -0.2) is 52.8 Å². The average molecular weight is 358 g/mol. The molecule has 6 heteroatoms. The molecular formula is C20H23FN2O3. The van der Waals surface area contributed by atoms with Crippen LogP contribution >= 0.6 is 0 Å². The molecule has 1 N–H and O–H groups in total. The standard InChI is InChI=1S/C20H23FN2O3/c1-15-4-2-7-18(22-15)11-19(25)23-8-9-26-20(13-23,14-24)12-16-5-3-6-17(21)10-16/h2-7,10,24H,8-9,11-14H2,1H3/t20-/m0/s1. The Balaban J connectivity index is 1.70. The molecule has 1 fully saturated rings. The van der Waals surface area contributed by atoms with Crippen LogP contribution in [0, 0.1) is 12.7 Å². The molecule has 0 unspecified atom stereocenters. The molecule has 1 aromatic heterocycles. The Morgan fingerprint density at radius 3 is 2.88 bits per heavy atom. The number of rotatable bonds is 5. The molecule has 0 aliphatic carbocycles. The fraction of sp³-hybridized carbons (Fsp3) is 0.400. The first-order valence-corrected chi connectivity index (χ1v) is 8.69. The van der Waals surface area contributed by atoms with E-state index in [-0.39, 0.29) is 31.3 Å². The smallest absolute Gasteiger partial charge is 0.228 e. The van der Waals surface area contributed by atoms with Crippen molar-refractivity contribution in [2.75, 3.05) is 26.3 Å². The fourth-order valence-corrected chi connectivity index (χ4v) is 3.30. The largest absolute Gasteiger partial charge is 0.393 e. The predicted octanol–water partition coefficient (Wildman–Crippen LogP) is 1.90. The fourth-order valence-electron chi connectivity index (χ4n) is 3.30. The summed E-state index contributed by atoms with van der Waals surface area (Å²) in [6.45, 7) is 2.72. The molecule has 26 heavy (non-hydrogen) atoms. The molecule has 3 rings (SSSR count). The number of carbonyl (C=O) groups excluding carboxylic acids is 1. The number of morpholine rings is 1. The Kier molecular flexibility index (Phi) is 5.64. The number of aromatic nitrogens is 1. The molecule has 1 atom stereocenters. The van der Waals surface area contributed by atoms with E-state index in [0.29, 0.717) is 19.6 Å². The van der Waals surface area contributed by atoms with Gasteiger partial charge in [0.25, 0.3) is 0 Å². The Labute approximate surface area is 152 Å². The van der Waals surface area contributed by atoms with Gasteiger partial charge < -0.3 is 14.7 Å². The number of nitrogens with zero attached hydrogens (tertiary/aromatic N) is 2. The molecule has 138 valence electrons. The van der Waals surface area contributed by atoms with Gasteiger partial charge in [0, 0.05) is 24.4 Å². The third-order valence-corrected chi connectivity index (χ3v) is 4.58. The Morgan fingerprint density at radius 2 is 2.15 bits per heavy atom. The highest BCUT2D eigenvalue weighted by Gasteiger charge is 2.38. The van der Waals surface area contributed by atoms with Crippen LogP contribution in [0.1, 0.15) is 17.0 Å². The maximum atomic E-state index is 13.5. The van der Waals surface area contributed by atoms with Gasteiger partial charge in [0.2, 0.25) is 5.91 Å². The number of pyridine rings is 1. The number of benzene rings is 1. The normalized spacial score (nSPS) is 20.2. The highest BCUT2D eigenvalue weighted by atomic mass is 19.1. The van der Waals surface area contributed by atoms with E-state index in [1.54, 1.807) is 17.0 Å². The first kappa shape index (κ1) is 18.5. The van der Waals surface area contributed by atoms with Gasteiger partial charge in [0.1, 0.15) is 11.4 Å². The molecule has 1 saturated heterocycles. The minimum absolute atomic E-state index is 0.0523. The molecule has 0 bridgehead atoms. The number of amides is 1. The van der Waals surface area contributed by atoms with Gasteiger partial charge in [-0.25, -0.2) is 4.39 Å². The zero-order valence-electron chi connectivity index (χ0n) is 14.8. The number of hydrogen-bond acceptors (Lipinski definition) is 4. The van der Waals surface area contributed by atoms with Crippen LogP contribution < -0.4 is 0 Å². The van der Waals surface area contributed by atoms with Gasteiger partial charge in [-0.15, -0.1) is 0 Å². The summed E-state index contributed by atoms with van der Waals surface area (Å²) in [6, 6.07) is 11.8. The maximum absolute atomic E-state index is 13.5. The lowest BCUT2D eigenvalue weighted by molar-refractivity contribution is -0.157. The van der Waals surface area contributed by atoms with E-state index in [1.165, 1.54) is 12.1 Å². The third kappa shape index (κ3) is 4.45. The number of hydrogen-bond donors (Lipinski definition) is 1. The van der Waals surface area contributed by atoms with E-state index in [1.807, 2.05) is 25.1 Å². The van der Waals surface area contributed by atoms with Crippen LogP contribution in [0.25, 0.3) is 0 Å². The van der Waals surface area contributed by atoms with Crippen LogP contribution in [0.3, 0.4) is 0 Å². The Hall–Kier alpha value is -2.31. The van der Waals surface area contributed by atoms with Gasteiger partial charge in [0.15, 0.2) is 0 Å². The maximum Gasteiger partial charge on any atom is 0.228 e. The van der Waals surface area contributed by atoms with Gasteiger partial charge in [-0.3, -0.25) is 9.78 Å². The van der Waals surface area contributed by atoms with Crippen molar-refractivity contribution in [2.45, 2.75) is 25.4 Å². The molecule has 1 aliphatic rings. The summed E-state index contributed by atoms with van der Waals surface area (Å²) < 4.78 is 19.3. The highest BCUT2D eigenvalue weighted by Crippen LogP contribution is 2.24. The molecule has 1 amide bonds. The van der Waals surface area contributed by atoms with Crippen molar-refractivity contribution in [3.05, 3.63) is 65.2 Å². The third-order valence-electron chi connectivity index (χ3n) is 4.58. The summed E-state index contributed by atoms with van der Waals surface area (Å²) in [5.41, 5.74) is 1.41. The summed E-state index contributed by atoms with van der Waals surface area (Å²) in [4.78, 5) is 18.7. The van der Waals surface area contributed by atoms with E-state index in [0.717, 1.165) is 17.0 Å². The Morgan fingerprint density at radius 1 is 1.35 bits per heavy atom. The highest BCUT2D eigenvalue weighted by molar-refractivity contribution is 5.78. The average Bonchev–Trinajstić information content (AvgIpc) is 2.62. The molecule has 1 aliphatic heterocycles. The van der Waals surface area contributed by atoms with Gasteiger partial charge >= 0.3 is 0 Å². The second kappa shape index (κ2) is 7.93. The SMILES string of the molecule is Cc1cccc(CC(=O)N2CCO[C@@](CO)(Cc3cccc(F)c3)C2)n1. The summed E-state index contributed by atoms with van der Waals surface area (Å²) in [5, 5.41) is 9.93. The van der Waals surface area contributed by atoms with Crippen molar-refractivity contribution in [1.82, 2.24) is 9.88 Å². The summed E-state index contributed by atoms with van der Waals surface area (Å²) >= 11 is 0. The molecule has 0 saturated carbocycles. The zero-order valence-corrected chi connectivity index (χ0v) is 14.8. The summed E-state index contributed by atoms with van der Waals surface area (Å²) in [7, 11) is 0. The first-order chi connectivity index (χ1) is 12.5. The lowest BCUT2D eigenvalue weighted by Gasteiger charge is -2.42. The molecular weight excluding hydrogens is 335 g/mol. The van der Waals surface area contributed by atoms with Crippen molar-refractivity contribution in [1.29, 1.82) is 0 Å². The van der Waals surface area contributed by atoms with E-state index >= 15 is 0 Å². The predicted molar refractivity (Wildman–Crippen MR) is 95.1 cm³/mol. The monoisotopic (exact) mass is 358 g/mol. The second-order valence-electron chi connectivity index (χ2n) is 6.76. The van der Waals surface area contributed by atoms with Crippen LogP contribution in [-0.2, 0) is 22.4 Å². The van der Waals surface area contributed by atoms with Crippen molar-refractivity contribution in [2.24, 2.45) is 0 Å². The number of aryl methyl sites for hydroxylation is 1. The topological polar surface area (TPSA) is 62.7 Å². The van der Waals surface area contributed by atoms with E-state index in [9.17, 15) is 14.3 Å². The zero-order chi connectivity index (χ0) is 18.6. The van der Waals surface area contributed by atoms with Crippen molar-refractivity contribution in [3.8, 4) is 0 Å². The number of halogens is 1. The van der Waals surface area contributed by atoms with Crippen LogP contribution in [0.5, 0.6) is 0 Å². The van der Waals surface area contributed by atoms with Gasteiger partial charge in [-0.05, 0) is 36.8 Å². The molecule has 0 radical (unpaired) electrons. The molecule has 5 nitrogen and oxygen atoms in total.